The molecule has 116 valence electrons. The third-order valence-electron chi connectivity index (χ3n) is 3.02. The van der Waals surface area contributed by atoms with E-state index in [9.17, 15) is 9.59 Å². The molecule has 6 nitrogen and oxygen atoms in total. The van der Waals surface area contributed by atoms with Crippen LogP contribution in [-0.2, 0) is 9.59 Å². The number of rotatable bonds is 6. The van der Waals surface area contributed by atoms with Crippen LogP contribution in [0.2, 0.25) is 0 Å². The fraction of sp³-hybridized carbons (Fsp3) is 0.467. The second-order valence-electron chi connectivity index (χ2n) is 6.01. The van der Waals surface area contributed by atoms with E-state index in [0.29, 0.717) is 11.4 Å². The van der Waals surface area contributed by atoms with E-state index >= 15 is 0 Å². The van der Waals surface area contributed by atoms with Crippen LogP contribution in [0.1, 0.15) is 27.2 Å². The molecule has 0 radical (unpaired) electrons. The molecule has 5 N–H and O–H groups in total. The van der Waals surface area contributed by atoms with Crippen molar-refractivity contribution in [2.75, 3.05) is 11.9 Å². The summed E-state index contributed by atoms with van der Waals surface area (Å²) in [7, 11) is 0. The van der Waals surface area contributed by atoms with Crippen LogP contribution in [-0.4, -0.2) is 24.5 Å². The second kappa shape index (κ2) is 7.08. The lowest BCUT2D eigenvalue weighted by atomic mass is 9.85. The Hall–Kier alpha value is -2.08. The van der Waals surface area contributed by atoms with E-state index in [4.69, 9.17) is 16.2 Å². The van der Waals surface area contributed by atoms with Gasteiger partial charge in [-0.15, -0.1) is 0 Å². The van der Waals surface area contributed by atoms with E-state index in [-0.39, 0.29) is 30.4 Å². The quantitative estimate of drug-likeness (QED) is 0.733. The number of carbonyl (C=O) groups is 2. The molecule has 0 heterocycles. The Bertz CT molecular complexity index is 509. The maximum absolute atomic E-state index is 11.9. The Morgan fingerprint density at radius 1 is 1.33 bits per heavy atom. The average Bonchev–Trinajstić information content (AvgIpc) is 2.35. The van der Waals surface area contributed by atoms with Gasteiger partial charge in [0.25, 0.3) is 5.91 Å². The van der Waals surface area contributed by atoms with Gasteiger partial charge in [-0.05, 0) is 17.5 Å². The van der Waals surface area contributed by atoms with E-state index in [1.165, 1.54) is 0 Å². The summed E-state index contributed by atoms with van der Waals surface area (Å²) in [4.78, 5) is 22.6. The predicted molar refractivity (Wildman–Crippen MR) is 81.8 cm³/mol. The summed E-state index contributed by atoms with van der Waals surface area (Å²) in [6.45, 7) is 5.77. The van der Waals surface area contributed by atoms with Gasteiger partial charge in [-0.3, -0.25) is 9.59 Å². The summed E-state index contributed by atoms with van der Waals surface area (Å²) in [6.07, 6.45) is 0.232. The highest BCUT2D eigenvalue weighted by Gasteiger charge is 2.23. The summed E-state index contributed by atoms with van der Waals surface area (Å²) in [5.41, 5.74) is 11.4. The van der Waals surface area contributed by atoms with E-state index in [2.05, 4.69) is 5.32 Å². The largest absolute Gasteiger partial charge is 0.484 e. The number of hydrogen-bond acceptors (Lipinski definition) is 4. The van der Waals surface area contributed by atoms with Gasteiger partial charge in [0, 0.05) is 24.2 Å². The Labute approximate surface area is 124 Å². The van der Waals surface area contributed by atoms with Gasteiger partial charge in [-0.2, -0.15) is 0 Å². The first-order valence-corrected chi connectivity index (χ1v) is 6.75. The smallest absolute Gasteiger partial charge is 0.255 e. The molecule has 1 atom stereocenters. The number of amides is 2. The van der Waals surface area contributed by atoms with Crippen LogP contribution in [0.25, 0.3) is 0 Å². The number of nitrogens with one attached hydrogen (secondary N) is 1. The fourth-order valence-electron chi connectivity index (χ4n) is 1.54. The number of benzene rings is 1. The van der Waals surface area contributed by atoms with Crippen molar-refractivity contribution < 1.29 is 14.3 Å². The van der Waals surface area contributed by atoms with E-state index in [1.807, 2.05) is 20.8 Å². The van der Waals surface area contributed by atoms with Crippen LogP contribution in [0.5, 0.6) is 5.75 Å². The normalized spacial score (nSPS) is 12.6. The molecule has 1 unspecified atom stereocenters. The van der Waals surface area contributed by atoms with Crippen LogP contribution < -0.4 is 21.5 Å². The first-order valence-electron chi connectivity index (χ1n) is 6.75. The first-order chi connectivity index (χ1) is 9.68. The highest BCUT2D eigenvalue weighted by Crippen LogP contribution is 2.21. The summed E-state index contributed by atoms with van der Waals surface area (Å²) in [5, 5.41) is 2.76. The van der Waals surface area contributed by atoms with Crippen LogP contribution >= 0.6 is 0 Å². The lowest BCUT2D eigenvalue weighted by molar-refractivity contribution is -0.120. The van der Waals surface area contributed by atoms with Gasteiger partial charge in [-0.1, -0.05) is 26.8 Å². The molecule has 1 aromatic rings. The molecule has 0 spiro atoms. The van der Waals surface area contributed by atoms with E-state index < -0.39 is 5.91 Å². The van der Waals surface area contributed by atoms with Gasteiger partial charge in [-0.25, -0.2) is 0 Å². The topological polar surface area (TPSA) is 107 Å². The molecular weight excluding hydrogens is 270 g/mol. The number of hydrogen-bond donors (Lipinski definition) is 3. The zero-order chi connectivity index (χ0) is 16.0. The molecule has 0 aliphatic heterocycles. The average molecular weight is 293 g/mol. The van der Waals surface area contributed by atoms with Crippen molar-refractivity contribution >= 4 is 17.5 Å². The number of carbonyl (C=O) groups excluding carboxylic acids is 2. The summed E-state index contributed by atoms with van der Waals surface area (Å²) in [5.74, 6) is -0.253. The van der Waals surface area contributed by atoms with Crippen molar-refractivity contribution in [2.24, 2.45) is 16.9 Å². The van der Waals surface area contributed by atoms with Crippen LogP contribution in [0, 0.1) is 5.41 Å². The predicted octanol–water partition coefficient (Wildman–Crippen LogP) is 1.25. The van der Waals surface area contributed by atoms with Crippen molar-refractivity contribution in [3.8, 4) is 5.75 Å². The van der Waals surface area contributed by atoms with Crippen molar-refractivity contribution in [3.05, 3.63) is 24.3 Å². The molecule has 6 heteroatoms. The fourth-order valence-corrected chi connectivity index (χ4v) is 1.54. The molecule has 1 aromatic carbocycles. The minimum Gasteiger partial charge on any atom is -0.484 e. The molecule has 2 amide bonds. The van der Waals surface area contributed by atoms with Gasteiger partial charge < -0.3 is 21.5 Å². The zero-order valence-electron chi connectivity index (χ0n) is 12.7. The molecule has 21 heavy (non-hydrogen) atoms. The van der Waals surface area contributed by atoms with Crippen molar-refractivity contribution in [2.45, 2.75) is 33.2 Å². The molecule has 0 aliphatic rings. The lowest BCUT2D eigenvalue weighted by Gasteiger charge is -2.26. The first kappa shape index (κ1) is 17.0. The SMILES string of the molecule is CC(C)(C)C(N)CC(=O)Nc1cccc(OCC(N)=O)c1. The number of anilines is 1. The molecule has 0 saturated carbocycles. The minimum atomic E-state index is -0.555. The number of primary amides is 1. The van der Waals surface area contributed by atoms with E-state index in [0.717, 1.165) is 0 Å². The van der Waals surface area contributed by atoms with Gasteiger partial charge in [0.05, 0.1) is 0 Å². The molecule has 1 rings (SSSR count). The minimum absolute atomic E-state index is 0.135. The van der Waals surface area contributed by atoms with Crippen LogP contribution in [0.4, 0.5) is 5.69 Å². The van der Waals surface area contributed by atoms with Crippen LogP contribution in [0.3, 0.4) is 0 Å². The molecule has 0 fully saturated rings. The van der Waals surface area contributed by atoms with Gasteiger partial charge in [0.1, 0.15) is 5.75 Å². The van der Waals surface area contributed by atoms with Gasteiger partial charge >= 0.3 is 0 Å². The van der Waals surface area contributed by atoms with Crippen molar-refractivity contribution in [3.63, 3.8) is 0 Å². The summed E-state index contributed by atoms with van der Waals surface area (Å²) < 4.78 is 5.17. The highest BCUT2D eigenvalue weighted by molar-refractivity contribution is 5.91. The summed E-state index contributed by atoms with van der Waals surface area (Å²) >= 11 is 0. The standard InChI is InChI=1S/C15H23N3O3/c1-15(2,3)12(16)8-14(20)18-10-5-4-6-11(7-10)21-9-13(17)19/h4-7,12H,8-9,16H2,1-3H3,(H2,17,19)(H,18,20). The van der Waals surface area contributed by atoms with Gasteiger partial charge in [0.2, 0.25) is 5.91 Å². The molecule has 0 aliphatic carbocycles. The van der Waals surface area contributed by atoms with Crippen molar-refractivity contribution in [1.82, 2.24) is 0 Å². The van der Waals surface area contributed by atoms with Crippen molar-refractivity contribution in [1.29, 1.82) is 0 Å². The maximum Gasteiger partial charge on any atom is 0.255 e. The Kier molecular flexibility index (Phi) is 5.72. The maximum atomic E-state index is 11.9. The highest BCUT2D eigenvalue weighted by atomic mass is 16.5. The monoisotopic (exact) mass is 293 g/mol. The lowest BCUT2D eigenvalue weighted by Crippen LogP contribution is -2.38. The zero-order valence-corrected chi connectivity index (χ0v) is 12.7. The van der Waals surface area contributed by atoms with Gasteiger partial charge in [0.15, 0.2) is 6.61 Å². The van der Waals surface area contributed by atoms with Crippen LogP contribution in [0.15, 0.2) is 24.3 Å². The summed E-state index contributed by atoms with van der Waals surface area (Å²) in [6, 6.07) is 6.53. The molecule has 0 bridgehead atoms. The van der Waals surface area contributed by atoms with E-state index in [1.54, 1.807) is 24.3 Å². The second-order valence-corrected chi connectivity index (χ2v) is 6.01. The Morgan fingerprint density at radius 2 is 2.00 bits per heavy atom. The molecule has 0 aromatic heterocycles. The molecule has 0 saturated heterocycles. The third kappa shape index (κ3) is 6.27. The number of nitrogens with two attached hydrogens (primary N) is 2. The Balaban J connectivity index is 2.60. The Morgan fingerprint density at radius 3 is 2.57 bits per heavy atom. The third-order valence-corrected chi connectivity index (χ3v) is 3.02. The number of ether oxygens (including phenoxy) is 1. The molecular formula is C15H23N3O3.